The Morgan fingerprint density at radius 2 is 1.67 bits per heavy atom. The van der Waals surface area contributed by atoms with Crippen LogP contribution in [-0.2, 0) is 28.6 Å². The zero-order valence-corrected chi connectivity index (χ0v) is 13.3. The van der Waals surface area contributed by atoms with Crippen LogP contribution in [0, 0.1) is 0 Å². The van der Waals surface area contributed by atoms with Gasteiger partial charge < -0.3 is 14.2 Å². The summed E-state index contributed by atoms with van der Waals surface area (Å²) in [5.41, 5.74) is 0.268. The average molecular weight is 300 g/mol. The molecule has 1 atom stereocenters. The maximum absolute atomic E-state index is 12.1. The van der Waals surface area contributed by atoms with Crippen molar-refractivity contribution in [2.24, 2.45) is 0 Å². The summed E-state index contributed by atoms with van der Waals surface area (Å²) in [6, 6.07) is 0. The number of Topliss-reactive ketones (excluding diaryl/α,β-unsaturated/α-hetero) is 1. The molecular weight excluding hydrogens is 276 g/mol. The van der Waals surface area contributed by atoms with Crippen LogP contribution in [0.15, 0.2) is 11.6 Å². The van der Waals surface area contributed by atoms with Crippen LogP contribution in [-0.4, -0.2) is 43.6 Å². The number of hydrogen-bond donors (Lipinski definition) is 0. The molecule has 0 aliphatic rings. The first kappa shape index (κ1) is 19.3. The highest BCUT2D eigenvalue weighted by Crippen LogP contribution is 2.11. The normalized spacial score (nSPS) is 13.0. The van der Waals surface area contributed by atoms with Gasteiger partial charge in [0, 0.05) is 12.5 Å². The second-order valence-electron chi connectivity index (χ2n) is 4.58. The summed E-state index contributed by atoms with van der Waals surface area (Å²) in [4.78, 5) is 34.3. The first-order valence-electron chi connectivity index (χ1n) is 6.93. The number of ether oxygens (including phenoxy) is 3. The predicted octanol–water partition coefficient (Wildman–Crippen LogP) is 1.81. The van der Waals surface area contributed by atoms with Gasteiger partial charge in [0.1, 0.15) is 6.10 Å². The van der Waals surface area contributed by atoms with E-state index in [9.17, 15) is 14.4 Å². The predicted molar refractivity (Wildman–Crippen MR) is 76.7 cm³/mol. The molecule has 0 amide bonds. The van der Waals surface area contributed by atoms with Gasteiger partial charge >= 0.3 is 11.9 Å². The van der Waals surface area contributed by atoms with Gasteiger partial charge in [-0.2, -0.15) is 0 Å². The lowest BCUT2D eigenvalue weighted by atomic mass is 10.1. The Kier molecular flexibility index (Phi) is 9.28. The van der Waals surface area contributed by atoms with Crippen molar-refractivity contribution < 1.29 is 28.6 Å². The molecule has 6 heteroatoms. The highest BCUT2D eigenvalue weighted by atomic mass is 16.5. The number of rotatable bonds is 9. The lowest BCUT2D eigenvalue weighted by Gasteiger charge is -2.20. The van der Waals surface area contributed by atoms with E-state index in [2.05, 4.69) is 9.47 Å². The van der Waals surface area contributed by atoms with Crippen molar-refractivity contribution in [1.29, 1.82) is 0 Å². The second kappa shape index (κ2) is 10.1. The third-order valence-electron chi connectivity index (χ3n) is 2.89. The number of carbonyl (C=O) groups is 3. The zero-order valence-electron chi connectivity index (χ0n) is 13.3. The van der Waals surface area contributed by atoms with Crippen molar-refractivity contribution in [1.82, 2.24) is 0 Å². The van der Waals surface area contributed by atoms with Crippen molar-refractivity contribution in [2.45, 2.75) is 52.7 Å². The van der Waals surface area contributed by atoms with Crippen molar-refractivity contribution in [3.05, 3.63) is 11.6 Å². The van der Waals surface area contributed by atoms with Gasteiger partial charge in [-0.3, -0.25) is 9.59 Å². The molecule has 0 rings (SSSR count). The minimum atomic E-state index is -0.937. The fraction of sp³-hybridized carbons (Fsp3) is 0.667. The molecule has 0 radical (unpaired) electrons. The molecule has 0 unspecified atom stereocenters. The van der Waals surface area contributed by atoms with E-state index in [4.69, 9.17) is 4.74 Å². The molecule has 0 spiro atoms. The average Bonchev–Trinajstić information content (AvgIpc) is 2.47. The van der Waals surface area contributed by atoms with Gasteiger partial charge in [0.05, 0.1) is 13.2 Å². The molecule has 0 saturated carbocycles. The zero-order chi connectivity index (χ0) is 16.4. The number of methoxy groups -OCH3 is 1. The number of ketones is 1. The minimum absolute atomic E-state index is 0.113. The number of hydrogen-bond acceptors (Lipinski definition) is 6. The van der Waals surface area contributed by atoms with Crippen molar-refractivity contribution in [3.63, 3.8) is 0 Å². The standard InChI is InChI=1S/C15H24O6/c1-6-12(7-2)21-14(8-10(3)15(18)19-5)13(17)9-20-11(4)16/h8,12,14H,6-7,9H2,1-5H3/b10-8+/t14-/m0/s1. The molecule has 0 aromatic rings. The first-order chi connectivity index (χ1) is 9.85. The molecule has 0 bridgehead atoms. The Bertz CT molecular complexity index is 395. The summed E-state index contributed by atoms with van der Waals surface area (Å²) in [5.74, 6) is -1.49. The van der Waals surface area contributed by atoms with E-state index in [1.807, 2.05) is 13.8 Å². The molecule has 0 fully saturated rings. The summed E-state index contributed by atoms with van der Waals surface area (Å²) in [6.45, 7) is 6.26. The quantitative estimate of drug-likeness (QED) is 0.477. The summed E-state index contributed by atoms with van der Waals surface area (Å²) in [7, 11) is 1.26. The van der Waals surface area contributed by atoms with Gasteiger partial charge in [0.15, 0.2) is 6.61 Å². The summed E-state index contributed by atoms with van der Waals surface area (Å²) in [6.07, 6.45) is 1.82. The maximum Gasteiger partial charge on any atom is 0.333 e. The van der Waals surface area contributed by atoms with Crippen LogP contribution in [0.3, 0.4) is 0 Å². The molecule has 0 N–H and O–H groups in total. The SMILES string of the molecule is CCC(CC)O[C@@H](/C=C(\C)C(=O)OC)C(=O)COC(C)=O. The topological polar surface area (TPSA) is 78.9 Å². The Morgan fingerprint density at radius 1 is 1.10 bits per heavy atom. The van der Waals surface area contributed by atoms with Gasteiger partial charge in [-0.1, -0.05) is 13.8 Å². The Labute approximate surface area is 125 Å². The summed E-state index contributed by atoms with van der Waals surface area (Å²) >= 11 is 0. The fourth-order valence-electron chi connectivity index (χ4n) is 1.61. The highest BCUT2D eigenvalue weighted by Gasteiger charge is 2.22. The molecule has 21 heavy (non-hydrogen) atoms. The van der Waals surface area contributed by atoms with E-state index >= 15 is 0 Å². The van der Waals surface area contributed by atoms with Crippen molar-refractivity contribution in [2.75, 3.05) is 13.7 Å². The summed E-state index contributed by atoms with van der Waals surface area (Å²) < 4.78 is 15.0. The molecule has 0 aromatic heterocycles. The van der Waals surface area contributed by atoms with E-state index in [-0.39, 0.29) is 18.3 Å². The molecule has 0 aliphatic heterocycles. The maximum atomic E-state index is 12.1. The molecule has 0 aliphatic carbocycles. The van der Waals surface area contributed by atoms with Crippen LogP contribution in [0.25, 0.3) is 0 Å². The largest absolute Gasteiger partial charge is 0.466 e. The van der Waals surface area contributed by atoms with Crippen LogP contribution in [0.1, 0.15) is 40.5 Å². The molecule has 6 nitrogen and oxygen atoms in total. The van der Waals surface area contributed by atoms with Gasteiger partial charge in [0.25, 0.3) is 0 Å². The Balaban J connectivity index is 5.03. The van der Waals surface area contributed by atoms with Crippen LogP contribution in [0.4, 0.5) is 0 Å². The van der Waals surface area contributed by atoms with E-state index < -0.39 is 23.8 Å². The first-order valence-corrected chi connectivity index (χ1v) is 6.93. The van der Waals surface area contributed by atoms with Crippen molar-refractivity contribution in [3.8, 4) is 0 Å². The Hall–Kier alpha value is -1.69. The monoisotopic (exact) mass is 300 g/mol. The fourth-order valence-corrected chi connectivity index (χ4v) is 1.61. The lowest BCUT2D eigenvalue weighted by molar-refractivity contribution is -0.149. The third kappa shape index (κ3) is 7.60. The van der Waals surface area contributed by atoms with Crippen LogP contribution < -0.4 is 0 Å². The third-order valence-corrected chi connectivity index (χ3v) is 2.89. The van der Waals surface area contributed by atoms with E-state index in [1.54, 1.807) is 0 Å². The van der Waals surface area contributed by atoms with Gasteiger partial charge in [-0.25, -0.2) is 4.79 Å². The van der Waals surface area contributed by atoms with Crippen LogP contribution in [0.5, 0.6) is 0 Å². The number of esters is 2. The molecule has 0 saturated heterocycles. The van der Waals surface area contributed by atoms with Gasteiger partial charge in [-0.05, 0) is 25.8 Å². The van der Waals surface area contributed by atoms with Gasteiger partial charge in [-0.15, -0.1) is 0 Å². The lowest BCUT2D eigenvalue weighted by Crippen LogP contribution is -2.31. The second-order valence-corrected chi connectivity index (χ2v) is 4.58. The van der Waals surface area contributed by atoms with Crippen LogP contribution >= 0.6 is 0 Å². The number of carbonyl (C=O) groups excluding carboxylic acids is 3. The minimum Gasteiger partial charge on any atom is -0.466 e. The Morgan fingerprint density at radius 3 is 2.10 bits per heavy atom. The van der Waals surface area contributed by atoms with E-state index in [0.29, 0.717) is 0 Å². The summed E-state index contributed by atoms with van der Waals surface area (Å²) in [5, 5.41) is 0. The smallest absolute Gasteiger partial charge is 0.333 e. The molecule has 0 heterocycles. The van der Waals surface area contributed by atoms with Crippen molar-refractivity contribution >= 4 is 17.7 Å². The van der Waals surface area contributed by atoms with E-state index in [0.717, 1.165) is 12.8 Å². The van der Waals surface area contributed by atoms with E-state index in [1.165, 1.54) is 27.0 Å². The molecule has 120 valence electrons. The molecular formula is C15H24O6. The van der Waals surface area contributed by atoms with Gasteiger partial charge in [0.2, 0.25) is 5.78 Å². The van der Waals surface area contributed by atoms with Crippen LogP contribution in [0.2, 0.25) is 0 Å². The molecule has 0 aromatic carbocycles. The highest BCUT2D eigenvalue weighted by molar-refractivity contribution is 5.92.